The van der Waals surface area contributed by atoms with Crippen LogP contribution in [0.4, 0.5) is 0 Å². The molecule has 3 atom stereocenters. The van der Waals surface area contributed by atoms with Crippen molar-refractivity contribution in [2.45, 2.75) is 60.0 Å². The van der Waals surface area contributed by atoms with Gasteiger partial charge in [-0.3, -0.25) is 0 Å². The van der Waals surface area contributed by atoms with Gasteiger partial charge in [0.25, 0.3) is 0 Å². The zero-order valence-electron chi connectivity index (χ0n) is 13.4. The van der Waals surface area contributed by atoms with E-state index in [1.807, 2.05) is 0 Å². The van der Waals surface area contributed by atoms with Gasteiger partial charge in [-0.15, -0.1) is 0 Å². The fourth-order valence-corrected chi connectivity index (χ4v) is 2.99. The summed E-state index contributed by atoms with van der Waals surface area (Å²) < 4.78 is 7.38. The molecule has 0 amide bonds. The fourth-order valence-electron chi connectivity index (χ4n) is 2.99. The predicted octanol–water partition coefficient (Wildman–Crippen LogP) is 3.91. The molecule has 1 aliphatic carbocycles. The van der Waals surface area contributed by atoms with Crippen molar-refractivity contribution >= 4 is 0 Å². The van der Waals surface area contributed by atoms with E-state index < -0.39 is 0 Å². The van der Waals surface area contributed by atoms with Crippen molar-refractivity contribution in [1.29, 1.82) is 0 Å². The lowest BCUT2D eigenvalue weighted by Crippen LogP contribution is -2.48. The van der Waals surface area contributed by atoms with Crippen LogP contribution >= 0.6 is 0 Å². The lowest BCUT2D eigenvalue weighted by atomic mass is 9.75. The van der Waals surface area contributed by atoms with E-state index in [1.54, 1.807) is 0 Å². The zero-order chi connectivity index (χ0) is 13.8. The molecule has 0 N–H and O–H groups in total. The highest BCUT2D eigenvalue weighted by Gasteiger charge is 2.33. The molecule has 0 radical (unpaired) electrons. The number of nitrogens with zero attached hydrogens (tertiary/aromatic N) is 1. The molecule has 2 heteroatoms. The monoisotopic (exact) mass is 256 g/mol. The van der Waals surface area contributed by atoms with Crippen LogP contribution in [0.1, 0.15) is 53.9 Å². The fraction of sp³-hybridized carbons (Fsp3) is 1.00. The molecule has 1 aliphatic rings. The second kappa shape index (κ2) is 6.91. The molecule has 2 nitrogen and oxygen atoms in total. The molecule has 0 saturated heterocycles. The molecule has 1 rings (SSSR count). The van der Waals surface area contributed by atoms with E-state index in [2.05, 4.69) is 41.7 Å². The standard InChI is InChI=1S/C16H34NO/c1-7-17(6,8-2)12-18-16-11-14(5)9-10-15(16)13(3)4/h13-16H,7-12H2,1-6H3/q+1/t14-,15+,16-/m1/s1. The Kier molecular flexibility index (Phi) is 6.13. The largest absolute Gasteiger partial charge is 0.328 e. The third kappa shape index (κ3) is 4.24. The van der Waals surface area contributed by atoms with E-state index >= 15 is 0 Å². The molecule has 0 spiro atoms. The smallest absolute Gasteiger partial charge is 0.183 e. The van der Waals surface area contributed by atoms with Crippen molar-refractivity contribution in [3.05, 3.63) is 0 Å². The quantitative estimate of drug-likeness (QED) is 0.517. The third-order valence-electron chi connectivity index (χ3n) is 5.09. The maximum absolute atomic E-state index is 6.35. The molecule has 108 valence electrons. The van der Waals surface area contributed by atoms with Crippen LogP contribution in [0.2, 0.25) is 0 Å². The molecule has 1 saturated carbocycles. The number of hydrogen-bond donors (Lipinski definition) is 0. The van der Waals surface area contributed by atoms with Crippen molar-refractivity contribution in [2.24, 2.45) is 17.8 Å². The molecular weight excluding hydrogens is 222 g/mol. The predicted molar refractivity (Wildman–Crippen MR) is 78.3 cm³/mol. The van der Waals surface area contributed by atoms with Gasteiger partial charge < -0.3 is 9.22 Å². The first kappa shape index (κ1) is 16.0. The molecule has 0 unspecified atom stereocenters. The molecule has 0 heterocycles. The van der Waals surface area contributed by atoms with Crippen molar-refractivity contribution in [3.63, 3.8) is 0 Å². The minimum Gasteiger partial charge on any atom is -0.328 e. The summed E-state index contributed by atoms with van der Waals surface area (Å²) >= 11 is 0. The molecule has 0 aromatic rings. The van der Waals surface area contributed by atoms with E-state index in [-0.39, 0.29) is 0 Å². The Balaban J connectivity index is 2.55. The van der Waals surface area contributed by atoms with Gasteiger partial charge in [-0.1, -0.05) is 27.2 Å². The lowest BCUT2D eigenvalue weighted by molar-refractivity contribution is -0.925. The van der Waals surface area contributed by atoms with Crippen molar-refractivity contribution < 1.29 is 9.22 Å². The van der Waals surface area contributed by atoms with E-state index in [0.717, 1.165) is 42.1 Å². The van der Waals surface area contributed by atoms with Gasteiger partial charge in [-0.05, 0) is 44.4 Å². The van der Waals surface area contributed by atoms with E-state index in [1.165, 1.54) is 19.3 Å². The summed E-state index contributed by atoms with van der Waals surface area (Å²) in [5, 5.41) is 0. The Hall–Kier alpha value is -0.0800. The van der Waals surface area contributed by atoms with E-state index in [0.29, 0.717) is 6.10 Å². The Morgan fingerprint density at radius 2 is 1.78 bits per heavy atom. The molecular formula is C16H34NO+. The Labute approximate surface area is 114 Å². The number of rotatable bonds is 6. The summed E-state index contributed by atoms with van der Waals surface area (Å²) in [6.45, 7) is 14.8. The summed E-state index contributed by atoms with van der Waals surface area (Å²) in [6.07, 6.45) is 4.49. The zero-order valence-corrected chi connectivity index (χ0v) is 13.4. The van der Waals surface area contributed by atoms with Crippen LogP contribution in [0, 0.1) is 17.8 Å². The number of quaternary nitrogens is 1. The second-order valence-electron chi connectivity index (χ2n) is 6.91. The van der Waals surface area contributed by atoms with Crippen molar-refractivity contribution in [1.82, 2.24) is 0 Å². The SMILES string of the molecule is CC[N+](C)(CC)CO[C@@H]1C[C@H](C)CC[C@H]1C(C)C. The summed E-state index contributed by atoms with van der Waals surface area (Å²) in [5.74, 6) is 2.36. The van der Waals surface area contributed by atoms with Gasteiger partial charge in [0.15, 0.2) is 6.73 Å². The van der Waals surface area contributed by atoms with Gasteiger partial charge in [0.1, 0.15) is 0 Å². The molecule has 0 aliphatic heterocycles. The van der Waals surface area contributed by atoms with Crippen LogP contribution < -0.4 is 0 Å². The summed E-state index contributed by atoms with van der Waals surface area (Å²) in [5.41, 5.74) is 0. The molecule has 0 aromatic heterocycles. The Morgan fingerprint density at radius 3 is 2.28 bits per heavy atom. The molecule has 0 bridgehead atoms. The Morgan fingerprint density at radius 1 is 1.17 bits per heavy atom. The normalized spacial score (nSPS) is 29.8. The first-order chi connectivity index (χ1) is 8.41. The van der Waals surface area contributed by atoms with E-state index in [9.17, 15) is 0 Å². The molecule has 18 heavy (non-hydrogen) atoms. The van der Waals surface area contributed by atoms with Gasteiger partial charge in [0.2, 0.25) is 0 Å². The topological polar surface area (TPSA) is 9.23 Å². The number of hydrogen-bond acceptors (Lipinski definition) is 1. The first-order valence-electron chi connectivity index (χ1n) is 7.87. The van der Waals surface area contributed by atoms with E-state index in [4.69, 9.17) is 4.74 Å². The van der Waals surface area contributed by atoms with Gasteiger partial charge in [-0.2, -0.15) is 0 Å². The maximum Gasteiger partial charge on any atom is 0.183 e. The van der Waals surface area contributed by atoms with Crippen molar-refractivity contribution in [3.8, 4) is 0 Å². The minimum absolute atomic E-state index is 0.490. The summed E-state index contributed by atoms with van der Waals surface area (Å²) in [6, 6.07) is 0. The first-order valence-corrected chi connectivity index (χ1v) is 7.87. The van der Waals surface area contributed by atoms with Crippen LogP contribution in [-0.2, 0) is 4.74 Å². The van der Waals surface area contributed by atoms with Crippen LogP contribution in [0.25, 0.3) is 0 Å². The van der Waals surface area contributed by atoms with Crippen LogP contribution in [-0.4, -0.2) is 37.5 Å². The Bertz CT molecular complexity index is 235. The van der Waals surface area contributed by atoms with Gasteiger partial charge >= 0.3 is 0 Å². The highest BCUT2D eigenvalue weighted by molar-refractivity contribution is 4.81. The third-order valence-corrected chi connectivity index (χ3v) is 5.09. The maximum atomic E-state index is 6.35. The van der Waals surface area contributed by atoms with Crippen LogP contribution in [0.5, 0.6) is 0 Å². The summed E-state index contributed by atoms with van der Waals surface area (Å²) in [7, 11) is 2.30. The molecule has 1 fully saturated rings. The average Bonchev–Trinajstić information content (AvgIpc) is 2.35. The average molecular weight is 256 g/mol. The second-order valence-corrected chi connectivity index (χ2v) is 6.91. The lowest BCUT2D eigenvalue weighted by Gasteiger charge is -2.40. The van der Waals surface area contributed by atoms with Crippen LogP contribution in [0.15, 0.2) is 0 Å². The van der Waals surface area contributed by atoms with Crippen molar-refractivity contribution in [2.75, 3.05) is 26.9 Å². The molecule has 0 aromatic carbocycles. The summed E-state index contributed by atoms with van der Waals surface area (Å²) in [4.78, 5) is 0. The van der Waals surface area contributed by atoms with Crippen LogP contribution in [0.3, 0.4) is 0 Å². The van der Waals surface area contributed by atoms with Gasteiger partial charge in [0, 0.05) is 0 Å². The number of ether oxygens (including phenoxy) is 1. The van der Waals surface area contributed by atoms with Gasteiger partial charge in [0.05, 0.1) is 26.2 Å². The highest BCUT2D eigenvalue weighted by Crippen LogP contribution is 2.35. The van der Waals surface area contributed by atoms with Gasteiger partial charge in [-0.25, -0.2) is 0 Å². The highest BCUT2D eigenvalue weighted by atomic mass is 16.5. The minimum atomic E-state index is 0.490.